The van der Waals surface area contributed by atoms with Crippen LogP contribution in [0.4, 0.5) is 0 Å². The standard InChI is InChI=1S/C8H15NO2.ClH/c9-7(5-8(10)11)6-3-1-2-4-6;/h6-7H,1-5,9H2,(H,10,11);1H/t7-;/m0./s1. The van der Waals surface area contributed by atoms with Crippen molar-refractivity contribution in [2.75, 3.05) is 0 Å². The van der Waals surface area contributed by atoms with E-state index >= 15 is 0 Å². The average molecular weight is 194 g/mol. The van der Waals surface area contributed by atoms with Crippen LogP contribution in [-0.2, 0) is 4.79 Å². The largest absolute Gasteiger partial charge is 0.481 e. The number of halogens is 1. The van der Waals surface area contributed by atoms with Gasteiger partial charge in [0.15, 0.2) is 0 Å². The van der Waals surface area contributed by atoms with Crippen LogP contribution in [0.2, 0.25) is 0 Å². The third-order valence-electron chi connectivity index (χ3n) is 2.42. The molecule has 3 nitrogen and oxygen atoms in total. The Hall–Kier alpha value is -0.280. The molecule has 1 saturated carbocycles. The lowest BCUT2D eigenvalue weighted by atomic mass is 9.96. The van der Waals surface area contributed by atoms with E-state index in [0.29, 0.717) is 5.92 Å². The van der Waals surface area contributed by atoms with Crippen LogP contribution in [0, 0.1) is 5.92 Å². The molecule has 0 unspecified atom stereocenters. The highest BCUT2D eigenvalue weighted by atomic mass is 35.5. The lowest BCUT2D eigenvalue weighted by molar-refractivity contribution is -0.137. The van der Waals surface area contributed by atoms with E-state index in [4.69, 9.17) is 10.8 Å². The van der Waals surface area contributed by atoms with E-state index < -0.39 is 5.97 Å². The van der Waals surface area contributed by atoms with Crippen molar-refractivity contribution in [3.8, 4) is 0 Å². The number of carboxylic acids is 1. The second kappa shape index (κ2) is 5.38. The third-order valence-corrected chi connectivity index (χ3v) is 2.42. The summed E-state index contributed by atoms with van der Waals surface area (Å²) in [6, 6.07) is -0.116. The number of carbonyl (C=O) groups is 1. The molecule has 4 heteroatoms. The fraction of sp³-hybridized carbons (Fsp3) is 0.875. The van der Waals surface area contributed by atoms with Crippen molar-refractivity contribution >= 4 is 18.4 Å². The molecular weight excluding hydrogens is 178 g/mol. The normalized spacial score (nSPS) is 20.1. The highest BCUT2D eigenvalue weighted by molar-refractivity contribution is 5.85. The van der Waals surface area contributed by atoms with Crippen LogP contribution in [0.5, 0.6) is 0 Å². The van der Waals surface area contributed by atoms with E-state index in [-0.39, 0.29) is 24.9 Å². The Morgan fingerprint density at radius 3 is 2.42 bits per heavy atom. The van der Waals surface area contributed by atoms with Crippen LogP contribution in [0.1, 0.15) is 32.1 Å². The summed E-state index contributed by atoms with van der Waals surface area (Å²) in [5.74, 6) is -0.310. The zero-order valence-electron chi connectivity index (χ0n) is 7.03. The minimum atomic E-state index is -0.774. The molecule has 0 aliphatic heterocycles. The van der Waals surface area contributed by atoms with Crippen molar-refractivity contribution in [2.45, 2.75) is 38.1 Å². The highest BCUT2D eigenvalue weighted by Crippen LogP contribution is 2.27. The fourth-order valence-corrected chi connectivity index (χ4v) is 1.75. The summed E-state index contributed by atoms with van der Waals surface area (Å²) >= 11 is 0. The van der Waals surface area contributed by atoms with Gasteiger partial charge in [0.25, 0.3) is 0 Å². The van der Waals surface area contributed by atoms with E-state index in [1.54, 1.807) is 0 Å². The summed E-state index contributed by atoms with van der Waals surface area (Å²) in [7, 11) is 0. The van der Waals surface area contributed by atoms with Crippen molar-refractivity contribution in [3.63, 3.8) is 0 Å². The van der Waals surface area contributed by atoms with Crippen LogP contribution >= 0.6 is 12.4 Å². The molecule has 72 valence electrons. The van der Waals surface area contributed by atoms with Gasteiger partial charge in [-0.25, -0.2) is 0 Å². The summed E-state index contributed by atoms with van der Waals surface area (Å²) in [6.45, 7) is 0. The summed E-state index contributed by atoms with van der Waals surface area (Å²) in [6.07, 6.45) is 4.81. The lowest BCUT2D eigenvalue weighted by Crippen LogP contribution is -2.30. The number of carboxylic acid groups (broad SMARTS) is 1. The van der Waals surface area contributed by atoms with Gasteiger partial charge in [-0.3, -0.25) is 4.79 Å². The molecule has 12 heavy (non-hydrogen) atoms. The summed E-state index contributed by atoms with van der Waals surface area (Å²) in [5.41, 5.74) is 5.70. The predicted molar refractivity (Wildman–Crippen MR) is 49.4 cm³/mol. The Labute approximate surface area is 78.7 Å². The van der Waals surface area contributed by atoms with Crippen molar-refractivity contribution < 1.29 is 9.90 Å². The van der Waals surface area contributed by atoms with Crippen molar-refractivity contribution in [3.05, 3.63) is 0 Å². The van der Waals surface area contributed by atoms with Crippen molar-refractivity contribution in [2.24, 2.45) is 11.7 Å². The number of nitrogens with two attached hydrogens (primary N) is 1. The quantitative estimate of drug-likeness (QED) is 0.712. The van der Waals surface area contributed by atoms with E-state index in [0.717, 1.165) is 12.8 Å². The van der Waals surface area contributed by atoms with Gasteiger partial charge in [0.1, 0.15) is 0 Å². The van der Waals surface area contributed by atoms with Gasteiger partial charge in [0.05, 0.1) is 6.42 Å². The Bertz CT molecular complexity index is 146. The Balaban J connectivity index is 0.00000121. The molecule has 0 heterocycles. The molecule has 1 rings (SSSR count). The second-order valence-electron chi connectivity index (χ2n) is 3.31. The minimum absolute atomic E-state index is 0. The molecular formula is C8H16ClNO2. The van der Waals surface area contributed by atoms with Crippen molar-refractivity contribution in [1.82, 2.24) is 0 Å². The van der Waals surface area contributed by atoms with Crippen LogP contribution in [0.25, 0.3) is 0 Å². The van der Waals surface area contributed by atoms with E-state index in [2.05, 4.69) is 0 Å². The molecule has 0 amide bonds. The van der Waals surface area contributed by atoms with Gasteiger partial charge >= 0.3 is 5.97 Å². The monoisotopic (exact) mass is 193 g/mol. The molecule has 3 N–H and O–H groups in total. The summed E-state index contributed by atoms with van der Waals surface area (Å²) in [5, 5.41) is 8.46. The van der Waals surface area contributed by atoms with Crippen LogP contribution in [-0.4, -0.2) is 17.1 Å². The van der Waals surface area contributed by atoms with Gasteiger partial charge in [-0.15, -0.1) is 12.4 Å². The van der Waals surface area contributed by atoms with Crippen LogP contribution in [0.15, 0.2) is 0 Å². The van der Waals surface area contributed by atoms with Gasteiger partial charge in [-0.1, -0.05) is 12.8 Å². The molecule has 0 aromatic heterocycles. The van der Waals surface area contributed by atoms with Gasteiger partial charge < -0.3 is 10.8 Å². The maximum absolute atomic E-state index is 10.3. The maximum Gasteiger partial charge on any atom is 0.304 e. The summed E-state index contributed by atoms with van der Waals surface area (Å²) in [4.78, 5) is 10.3. The first-order valence-electron chi connectivity index (χ1n) is 4.17. The molecule has 1 aliphatic carbocycles. The van der Waals surface area contributed by atoms with Gasteiger partial charge in [0.2, 0.25) is 0 Å². The molecule has 0 bridgehead atoms. The zero-order chi connectivity index (χ0) is 8.27. The maximum atomic E-state index is 10.3. The first kappa shape index (κ1) is 11.7. The van der Waals surface area contributed by atoms with Crippen molar-refractivity contribution in [1.29, 1.82) is 0 Å². The topological polar surface area (TPSA) is 63.3 Å². The van der Waals surface area contributed by atoms with Crippen LogP contribution in [0.3, 0.4) is 0 Å². The fourth-order valence-electron chi connectivity index (χ4n) is 1.75. The first-order chi connectivity index (χ1) is 5.20. The Morgan fingerprint density at radius 2 is 2.00 bits per heavy atom. The van der Waals surface area contributed by atoms with E-state index in [9.17, 15) is 4.79 Å². The average Bonchev–Trinajstić information content (AvgIpc) is 2.35. The molecule has 0 aromatic rings. The van der Waals surface area contributed by atoms with Gasteiger partial charge in [0, 0.05) is 6.04 Å². The molecule has 0 spiro atoms. The summed E-state index contributed by atoms with van der Waals surface area (Å²) < 4.78 is 0. The van der Waals surface area contributed by atoms with Crippen LogP contribution < -0.4 is 5.73 Å². The molecule has 0 radical (unpaired) electrons. The number of hydrogen-bond acceptors (Lipinski definition) is 2. The second-order valence-corrected chi connectivity index (χ2v) is 3.31. The number of rotatable bonds is 3. The zero-order valence-corrected chi connectivity index (χ0v) is 7.85. The van der Waals surface area contributed by atoms with Gasteiger partial charge in [-0.2, -0.15) is 0 Å². The van der Waals surface area contributed by atoms with E-state index in [1.807, 2.05) is 0 Å². The number of hydrogen-bond donors (Lipinski definition) is 2. The molecule has 1 fully saturated rings. The minimum Gasteiger partial charge on any atom is -0.481 e. The SMILES string of the molecule is Cl.N[C@@H](CC(=O)O)C1CCCC1. The third kappa shape index (κ3) is 3.41. The first-order valence-corrected chi connectivity index (χ1v) is 4.17. The predicted octanol–water partition coefficient (Wildman–Crippen LogP) is 1.40. The number of aliphatic carboxylic acids is 1. The molecule has 0 saturated heterocycles. The molecule has 1 aliphatic rings. The highest BCUT2D eigenvalue weighted by Gasteiger charge is 2.23. The smallest absolute Gasteiger partial charge is 0.304 e. The molecule has 1 atom stereocenters. The molecule has 0 aromatic carbocycles. The lowest BCUT2D eigenvalue weighted by Gasteiger charge is -2.15. The Kier molecular flexibility index (Phi) is 5.25. The Morgan fingerprint density at radius 1 is 1.50 bits per heavy atom. The van der Waals surface area contributed by atoms with Gasteiger partial charge in [-0.05, 0) is 18.8 Å². The van der Waals surface area contributed by atoms with E-state index in [1.165, 1.54) is 12.8 Å².